The fourth-order valence-corrected chi connectivity index (χ4v) is 1.72. The molecule has 0 aliphatic rings. The van der Waals surface area contributed by atoms with E-state index in [1.165, 1.54) is 6.42 Å². The number of nitrogens with zero attached hydrogens (tertiary/aromatic N) is 1. The average Bonchev–Trinajstić information content (AvgIpc) is 2.00. The molecule has 0 aliphatic carbocycles. The molecule has 0 saturated carbocycles. The summed E-state index contributed by atoms with van der Waals surface area (Å²) < 4.78 is 0. The summed E-state index contributed by atoms with van der Waals surface area (Å²) in [5, 5.41) is 0. The molecule has 0 aliphatic heterocycles. The van der Waals surface area contributed by atoms with Gasteiger partial charge in [0.15, 0.2) is 0 Å². The molecule has 0 spiro atoms. The molecule has 0 saturated heterocycles. The summed E-state index contributed by atoms with van der Waals surface area (Å²) in [6.07, 6.45) is 1.30. The highest BCUT2D eigenvalue weighted by Crippen LogP contribution is 2.16. The molecule has 0 rings (SSSR count). The minimum Gasteiger partial charge on any atom is -0.301 e. The van der Waals surface area contributed by atoms with Gasteiger partial charge in [0, 0.05) is 12.1 Å². The lowest BCUT2D eigenvalue weighted by atomic mass is 9.99. The Kier molecular flexibility index (Phi) is 5.62. The van der Waals surface area contributed by atoms with Crippen molar-refractivity contribution < 1.29 is 0 Å². The van der Waals surface area contributed by atoms with Gasteiger partial charge in [0.25, 0.3) is 0 Å². The van der Waals surface area contributed by atoms with Crippen LogP contribution in [0.5, 0.6) is 0 Å². The molecular formula is C12H27N. The topological polar surface area (TPSA) is 3.24 Å². The third-order valence-corrected chi connectivity index (χ3v) is 3.11. The molecular weight excluding hydrogens is 158 g/mol. The van der Waals surface area contributed by atoms with E-state index in [4.69, 9.17) is 0 Å². The third-order valence-electron chi connectivity index (χ3n) is 3.11. The molecule has 1 heteroatoms. The SMILES string of the molecule is CC(C)C[C@H](C)N(C)[C@@H](C)C(C)C. The van der Waals surface area contributed by atoms with Crippen LogP contribution in [0.3, 0.4) is 0 Å². The summed E-state index contributed by atoms with van der Waals surface area (Å²) in [5.74, 6) is 1.55. The van der Waals surface area contributed by atoms with Crippen LogP contribution < -0.4 is 0 Å². The molecule has 1 nitrogen and oxygen atoms in total. The van der Waals surface area contributed by atoms with Gasteiger partial charge in [-0.05, 0) is 39.2 Å². The van der Waals surface area contributed by atoms with Crippen LogP contribution in [0.2, 0.25) is 0 Å². The van der Waals surface area contributed by atoms with Crippen LogP contribution in [0, 0.1) is 11.8 Å². The van der Waals surface area contributed by atoms with Gasteiger partial charge in [-0.25, -0.2) is 0 Å². The predicted molar refractivity (Wildman–Crippen MR) is 61.0 cm³/mol. The number of hydrogen-bond acceptors (Lipinski definition) is 1. The minimum absolute atomic E-state index is 0.689. The van der Waals surface area contributed by atoms with Crippen LogP contribution in [0.25, 0.3) is 0 Å². The molecule has 0 aromatic carbocycles. The van der Waals surface area contributed by atoms with Crippen LogP contribution in [0.4, 0.5) is 0 Å². The molecule has 0 radical (unpaired) electrons. The largest absolute Gasteiger partial charge is 0.301 e. The van der Waals surface area contributed by atoms with Crippen molar-refractivity contribution >= 4 is 0 Å². The van der Waals surface area contributed by atoms with Crippen molar-refractivity contribution in [3.8, 4) is 0 Å². The second-order valence-electron chi connectivity index (χ2n) is 5.13. The van der Waals surface area contributed by atoms with Crippen LogP contribution in [-0.2, 0) is 0 Å². The Morgan fingerprint density at radius 1 is 0.923 bits per heavy atom. The molecule has 0 bridgehead atoms. The van der Waals surface area contributed by atoms with E-state index in [9.17, 15) is 0 Å². The maximum Gasteiger partial charge on any atom is 0.00896 e. The van der Waals surface area contributed by atoms with Gasteiger partial charge in [-0.2, -0.15) is 0 Å². The van der Waals surface area contributed by atoms with Crippen LogP contribution in [-0.4, -0.2) is 24.0 Å². The zero-order chi connectivity index (χ0) is 10.6. The zero-order valence-electron chi connectivity index (χ0n) is 10.5. The van der Waals surface area contributed by atoms with Crippen molar-refractivity contribution in [2.45, 2.75) is 60.0 Å². The normalized spacial score (nSPS) is 17.1. The van der Waals surface area contributed by atoms with Crippen molar-refractivity contribution in [1.82, 2.24) is 4.90 Å². The Morgan fingerprint density at radius 3 is 1.69 bits per heavy atom. The lowest BCUT2D eigenvalue weighted by Gasteiger charge is -2.34. The zero-order valence-corrected chi connectivity index (χ0v) is 10.5. The Labute approximate surface area is 84.5 Å². The molecule has 0 unspecified atom stereocenters. The highest BCUT2D eigenvalue weighted by Gasteiger charge is 2.18. The van der Waals surface area contributed by atoms with Gasteiger partial charge < -0.3 is 4.90 Å². The summed E-state index contributed by atoms with van der Waals surface area (Å²) in [7, 11) is 2.25. The lowest BCUT2D eigenvalue weighted by molar-refractivity contribution is 0.142. The smallest absolute Gasteiger partial charge is 0.00896 e. The second kappa shape index (κ2) is 5.64. The Morgan fingerprint density at radius 2 is 1.38 bits per heavy atom. The Bertz CT molecular complexity index is 129. The van der Waals surface area contributed by atoms with E-state index >= 15 is 0 Å². The quantitative estimate of drug-likeness (QED) is 0.634. The van der Waals surface area contributed by atoms with E-state index in [2.05, 4.69) is 53.5 Å². The molecule has 13 heavy (non-hydrogen) atoms. The first-order valence-corrected chi connectivity index (χ1v) is 5.58. The van der Waals surface area contributed by atoms with Gasteiger partial charge in [0.1, 0.15) is 0 Å². The molecule has 0 heterocycles. The number of hydrogen-bond donors (Lipinski definition) is 0. The highest BCUT2D eigenvalue weighted by atomic mass is 15.2. The van der Waals surface area contributed by atoms with Crippen molar-refractivity contribution in [3.05, 3.63) is 0 Å². The molecule has 0 aromatic rings. The average molecular weight is 185 g/mol. The maximum atomic E-state index is 2.50. The first kappa shape index (κ1) is 13.0. The maximum absolute atomic E-state index is 2.50. The first-order chi connectivity index (χ1) is 5.86. The van der Waals surface area contributed by atoms with Crippen molar-refractivity contribution in [1.29, 1.82) is 0 Å². The van der Waals surface area contributed by atoms with Crippen LogP contribution in [0.1, 0.15) is 48.0 Å². The second-order valence-corrected chi connectivity index (χ2v) is 5.13. The van der Waals surface area contributed by atoms with E-state index in [1.807, 2.05) is 0 Å². The Hall–Kier alpha value is -0.0400. The van der Waals surface area contributed by atoms with Gasteiger partial charge in [-0.3, -0.25) is 0 Å². The number of rotatable bonds is 5. The van der Waals surface area contributed by atoms with Gasteiger partial charge in [-0.15, -0.1) is 0 Å². The van der Waals surface area contributed by atoms with Crippen LogP contribution in [0.15, 0.2) is 0 Å². The summed E-state index contributed by atoms with van der Waals surface area (Å²) in [6, 6.07) is 1.39. The monoisotopic (exact) mass is 185 g/mol. The third kappa shape index (κ3) is 4.66. The molecule has 0 N–H and O–H groups in total. The Balaban J connectivity index is 4.01. The van der Waals surface area contributed by atoms with Crippen molar-refractivity contribution in [2.75, 3.05) is 7.05 Å². The van der Waals surface area contributed by atoms with Gasteiger partial charge in [-0.1, -0.05) is 27.7 Å². The van der Waals surface area contributed by atoms with Gasteiger partial charge in [0.2, 0.25) is 0 Å². The molecule has 2 atom stereocenters. The summed E-state index contributed by atoms with van der Waals surface area (Å²) in [4.78, 5) is 2.50. The van der Waals surface area contributed by atoms with Crippen LogP contribution >= 0.6 is 0 Å². The lowest BCUT2D eigenvalue weighted by Crippen LogP contribution is -2.40. The summed E-state index contributed by atoms with van der Waals surface area (Å²) in [5.41, 5.74) is 0. The standard InChI is InChI=1S/C12H27N/c1-9(2)8-11(5)13(7)12(6)10(3)4/h9-12H,8H2,1-7H3/t11-,12-/m0/s1. The van der Waals surface area contributed by atoms with Crippen molar-refractivity contribution in [3.63, 3.8) is 0 Å². The molecule has 0 fully saturated rings. The molecule has 0 amide bonds. The minimum atomic E-state index is 0.689. The van der Waals surface area contributed by atoms with Gasteiger partial charge >= 0.3 is 0 Å². The fourth-order valence-electron chi connectivity index (χ4n) is 1.72. The predicted octanol–water partition coefficient (Wildman–Crippen LogP) is 3.40. The highest BCUT2D eigenvalue weighted by molar-refractivity contribution is 4.73. The fraction of sp³-hybridized carbons (Fsp3) is 1.00. The summed E-state index contributed by atoms with van der Waals surface area (Å²) in [6.45, 7) is 13.8. The van der Waals surface area contributed by atoms with E-state index in [-0.39, 0.29) is 0 Å². The van der Waals surface area contributed by atoms with E-state index in [1.54, 1.807) is 0 Å². The van der Waals surface area contributed by atoms with Crippen molar-refractivity contribution in [2.24, 2.45) is 11.8 Å². The van der Waals surface area contributed by atoms with E-state index in [0.29, 0.717) is 12.1 Å². The van der Waals surface area contributed by atoms with E-state index < -0.39 is 0 Å². The van der Waals surface area contributed by atoms with Gasteiger partial charge in [0.05, 0.1) is 0 Å². The summed E-state index contributed by atoms with van der Waals surface area (Å²) >= 11 is 0. The first-order valence-electron chi connectivity index (χ1n) is 5.58. The van der Waals surface area contributed by atoms with E-state index in [0.717, 1.165) is 11.8 Å². The molecule has 0 aromatic heterocycles. The molecule has 80 valence electrons.